The number of anilines is 1. The molecule has 1 aliphatic rings. The van der Waals surface area contributed by atoms with Crippen LogP contribution in [0.5, 0.6) is 5.75 Å². The molecule has 0 aliphatic heterocycles. The van der Waals surface area contributed by atoms with Crippen LogP contribution >= 0.6 is 0 Å². The van der Waals surface area contributed by atoms with Gasteiger partial charge in [-0.25, -0.2) is 5.10 Å². The second kappa shape index (κ2) is 7.82. The Hall–Kier alpha value is -4.37. The number of hydrogen-bond acceptors (Lipinski definition) is 6. The third kappa shape index (κ3) is 3.31. The Morgan fingerprint density at radius 3 is 2.56 bits per heavy atom. The second-order valence-electron chi connectivity index (χ2n) is 9.64. The van der Waals surface area contributed by atoms with Gasteiger partial charge >= 0.3 is 0 Å². The van der Waals surface area contributed by atoms with Crippen molar-refractivity contribution >= 4 is 27.5 Å². The quantitative estimate of drug-likeness (QED) is 0.360. The van der Waals surface area contributed by atoms with Crippen LogP contribution in [-0.4, -0.2) is 37.1 Å². The maximum atomic E-state index is 13.6. The smallest absolute Gasteiger partial charge is 0.288 e. The minimum absolute atomic E-state index is 0.0463. The zero-order valence-electron chi connectivity index (χ0n) is 19.9. The highest BCUT2D eigenvalue weighted by Gasteiger charge is 2.40. The van der Waals surface area contributed by atoms with Crippen LogP contribution in [0.4, 0.5) is 5.82 Å². The molecule has 0 saturated heterocycles. The first-order valence-electron chi connectivity index (χ1n) is 11.7. The molecular formula is C27H25N5O4. The lowest BCUT2D eigenvalue weighted by Crippen LogP contribution is -2.42. The fourth-order valence-corrected chi connectivity index (χ4v) is 5.32. The third-order valence-corrected chi connectivity index (χ3v) is 7.07. The van der Waals surface area contributed by atoms with E-state index in [1.807, 2.05) is 53.2 Å². The van der Waals surface area contributed by atoms with Crippen molar-refractivity contribution in [2.75, 3.05) is 12.8 Å². The molecule has 0 radical (unpaired) electrons. The predicted octanol–water partition coefficient (Wildman–Crippen LogP) is 3.37. The number of pyridine rings is 1. The molecule has 5 aromatic rings. The minimum atomic E-state index is -0.769. The number of aromatic amines is 1. The van der Waals surface area contributed by atoms with Crippen molar-refractivity contribution in [2.45, 2.75) is 31.4 Å². The van der Waals surface area contributed by atoms with Gasteiger partial charge in [-0.1, -0.05) is 24.3 Å². The Balaban J connectivity index is 1.61. The third-order valence-electron chi connectivity index (χ3n) is 7.07. The van der Waals surface area contributed by atoms with Gasteiger partial charge in [-0.05, 0) is 49.6 Å². The Kier molecular flexibility index (Phi) is 4.81. The molecule has 3 heterocycles. The van der Waals surface area contributed by atoms with Gasteiger partial charge in [0.2, 0.25) is 0 Å². The Morgan fingerprint density at radius 1 is 1.11 bits per heavy atom. The van der Waals surface area contributed by atoms with E-state index < -0.39 is 5.60 Å². The van der Waals surface area contributed by atoms with Crippen LogP contribution in [-0.2, 0) is 0 Å². The van der Waals surface area contributed by atoms with Gasteiger partial charge in [-0.2, -0.15) is 5.10 Å². The molecule has 9 nitrogen and oxygen atoms in total. The number of para-hydroxylation sites is 1. The first-order chi connectivity index (χ1) is 17.3. The summed E-state index contributed by atoms with van der Waals surface area (Å²) in [7, 11) is 1.57. The molecule has 0 bridgehead atoms. The molecule has 6 rings (SSSR count). The standard InChI is InChI=1S/C27H25N5O4/c1-27(35)11-17(12-27)31-13-20(22-23(31)25(33)30-29-24(22)28)15-8-9-18-19(10-15)26(34)32(14-21(18)36-2)16-6-4-3-5-7-16/h3-10,13-14,17,35H,11-12H2,1-2H3,(H2,28,29)(H,30,33). The molecule has 1 saturated carbocycles. The van der Waals surface area contributed by atoms with Gasteiger partial charge in [0.1, 0.15) is 11.3 Å². The van der Waals surface area contributed by atoms with Crippen molar-refractivity contribution in [3.05, 3.63) is 81.6 Å². The summed E-state index contributed by atoms with van der Waals surface area (Å²) in [6.45, 7) is 1.78. The molecule has 0 spiro atoms. The lowest BCUT2D eigenvalue weighted by atomic mass is 9.77. The summed E-state index contributed by atoms with van der Waals surface area (Å²) in [5, 5.41) is 18.4. The van der Waals surface area contributed by atoms with Gasteiger partial charge < -0.3 is 20.1 Å². The average molecular weight is 484 g/mol. The maximum Gasteiger partial charge on any atom is 0.288 e. The lowest BCUT2D eigenvalue weighted by molar-refractivity contribution is -0.0497. The van der Waals surface area contributed by atoms with Crippen molar-refractivity contribution in [3.63, 3.8) is 0 Å². The van der Waals surface area contributed by atoms with Gasteiger partial charge in [0.15, 0.2) is 5.82 Å². The van der Waals surface area contributed by atoms with E-state index in [2.05, 4.69) is 10.2 Å². The molecular weight excluding hydrogens is 458 g/mol. The monoisotopic (exact) mass is 483 g/mol. The average Bonchev–Trinajstić information content (AvgIpc) is 3.27. The number of nitrogens with zero attached hydrogens (tertiary/aromatic N) is 3. The molecule has 4 N–H and O–H groups in total. The van der Waals surface area contributed by atoms with Gasteiger partial charge in [0, 0.05) is 28.9 Å². The van der Waals surface area contributed by atoms with Crippen LogP contribution in [0.15, 0.2) is 70.5 Å². The van der Waals surface area contributed by atoms with Crippen molar-refractivity contribution in [2.24, 2.45) is 0 Å². The van der Waals surface area contributed by atoms with E-state index in [9.17, 15) is 14.7 Å². The van der Waals surface area contributed by atoms with Crippen LogP contribution in [0.2, 0.25) is 0 Å². The molecule has 0 amide bonds. The van der Waals surface area contributed by atoms with E-state index in [1.54, 1.807) is 30.9 Å². The van der Waals surface area contributed by atoms with E-state index in [4.69, 9.17) is 10.5 Å². The van der Waals surface area contributed by atoms with Crippen LogP contribution in [0.1, 0.15) is 25.8 Å². The molecule has 2 aromatic carbocycles. The number of hydrogen-bond donors (Lipinski definition) is 3. The number of aliphatic hydroxyl groups is 1. The first-order valence-corrected chi connectivity index (χ1v) is 11.7. The van der Waals surface area contributed by atoms with E-state index in [-0.39, 0.29) is 23.0 Å². The van der Waals surface area contributed by atoms with E-state index in [0.717, 1.165) is 11.3 Å². The van der Waals surface area contributed by atoms with Crippen LogP contribution in [0.3, 0.4) is 0 Å². The number of nitrogens with two attached hydrogens (primary N) is 1. The summed E-state index contributed by atoms with van der Waals surface area (Å²) in [4.78, 5) is 26.4. The van der Waals surface area contributed by atoms with Gasteiger partial charge in [-0.15, -0.1) is 0 Å². The normalized spacial score (nSPS) is 19.5. The Morgan fingerprint density at radius 2 is 1.86 bits per heavy atom. The summed E-state index contributed by atoms with van der Waals surface area (Å²) >= 11 is 0. The largest absolute Gasteiger partial charge is 0.495 e. The topological polar surface area (TPSA) is 128 Å². The fraction of sp³-hybridized carbons (Fsp3) is 0.222. The lowest BCUT2D eigenvalue weighted by Gasteiger charge is -2.41. The number of benzene rings is 2. The Bertz CT molecular complexity index is 1760. The zero-order valence-corrected chi connectivity index (χ0v) is 19.9. The fourth-order valence-electron chi connectivity index (χ4n) is 5.32. The van der Waals surface area contributed by atoms with Crippen molar-refractivity contribution < 1.29 is 9.84 Å². The number of methoxy groups -OCH3 is 1. The molecule has 1 fully saturated rings. The number of nitrogens with one attached hydrogen (secondary N) is 1. The van der Waals surface area contributed by atoms with Gasteiger partial charge in [-0.3, -0.25) is 14.2 Å². The molecule has 1 aliphatic carbocycles. The molecule has 9 heteroatoms. The van der Waals surface area contributed by atoms with Crippen LogP contribution in [0, 0.1) is 0 Å². The molecule has 0 atom stereocenters. The van der Waals surface area contributed by atoms with Crippen molar-refractivity contribution in [1.82, 2.24) is 19.3 Å². The molecule has 0 unspecified atom stereocenters. The van der Waals surface area contributed by atoms with Crippen molar-refractivity contribution in [3.8, 4) is 22.6 Å². The number of aromatic nitrogens is 4. The summed E-state index contributed by atoms with van der Waals surface area (Å²) in [6.07, 6.45) is 4.60. The van der Waals surface area contributed by atoms with Crippen molar-refractivity contribution in [1.29, 1.82) is 0 Å². The minimum Gasteiger partial charge on any atom is -0.495 e. The van der Waals surface area contributed by atoms with Gasteiger partial charge in [0.05, 0.1) is 29.7 Å². The zero-order chi connectivity index (χ0) is 25.2. The second-order valence-corrected chi connectivity index (χ2v) is 9.64. The number of fused-ring (bicyclic) bond motifs is 2. The first kappa shape index (κ1) is 22.1. The van der Waals surface area contributed by atoms with Crippen LogP contribution in [0.25, 0.3) is 38.5 Å². The van der Waals surface area contributed by atoms with E-state index >= 15 is 0 Å². The molecule has 182 valence electrons. The summed E-state index contributed by atoms with van der Waals surface area (Å²) in [5.74, 6) is 0.758. The van der Waals surface area contributed by atoms with E-state index in [1.165, 1.54) is 0 Å². The number of nitrogen functional groups attached to an aromatic ring is 1. The highest BCUT2D eigenvalue weighted by atomic mass is 16.5. The Labute approximate surface area is 205 Å². The van der Waals surface area contributed by atoms with E-state index in [0.29, 0.717) is 45.8 Å². The highest BCUT2D eigenvalue weighted by Crippen LogP contribution is 2.44. The SMILES string of the molecule is COc1cn(-c2ccccc2)c(=O)c2cc(-c3cn(C4CC(C)(O)C4)c4c(=O)[nH]nc(N)c34)ccc12. The van der Waals surface area contributed by atoms with Crippen LogP contribution < -0.4 is 21.6 Å². The number of rotatable bonds is 4. The molecule has 3 aromatic heterocycles. The summed E-state index contributed by atoms with van der Waals surface area (Å²) in [6, 6.07) is 14.8. The number of H-pyrrole nitrogens is 1. The summed E-state index contributed by atoms with van der Waals surface area (Å²) in [5.41, 5.74) is 7.48. The summed E-state index contributed by atoms with van der Waals surface area (Å²) < 4.78 is 9.04. The maximum absolute atomic E-state index is 13.6. The highest BCUT2D eigenvalue weighted by molar-refractivity contribution is 6.03. The van der Waals surface area contributed by atoms with Gasteiger partial charge in [0.25, 0.3) is 11.1 Å². The predicted molar refractivity (Wildman–Crippen MR) is 139 cm³/mol. The number of ether oxygens (including phenoxy) is 1. The molecule has 36 heavy (non-hydrogen) atoms.